The summed E-state index contributed by atoms with van der Waals surface area (Å²) in [4.78, 5) is 22.7. The number of carbonyl (C=O) groups is 1. The Labute approximate surface area is 174 Å². The molecule has 3 aromatic rings. The molecule has 2 aromatic carbocycles. The van der Waals surface area contributed by atoms with Crippen LogP contribution in [0.2, 0.25) is 0 Å². The number of amides is 1. The van der Waals surface area contributed by atoms with Gasteiger partial charge in [-0.2, -0.15) is 8.78 Å². The van der Waals surface area contributed by atoms with E-state index in [-0.39, 0.29) is 23.2 Å². The molecule has 9 heteroatoms. The van der Waals surface area contributed by atoms with E-state index in [4.69, 9.17) is 0 Å². The van der Waals surface area contributed by atoms with Crippen LogP contribution in [0.15, 0.2) is 77.7 Å². The fraction of sp³-hybridized carbons (Fsp3) is 0.0952. The molecule has 30 heavy (non-hydrogen) atoms. The molecule has 4 rings (SSSR count). The predicted molar refractivity (Wildman–Crippen MR) is 111 cm³/mol. The Morgan fingerprint density at radius 3 is 2.50 bits per heavy atom. The summed E-state index contributed by atoms with van der Waals surface area (Å²) in [5.74, 6) is -0.579. The molecule has 0 atom stereocenters. The number of aliphatic imine (C=N–C) groups is 1. The van der Waals surface area contributed by atoms with E-state index in [9.17, 15) is 18.0 Å². The predicted octanol–water partition coefficient (Wildman–Crippen LogP) is 5.09. The molecule has 1 aliphatic rings. The van der Waals surface area contributed by atoms with Gasteiger partial charge in [-0.1, -0.05) is 42.1 Å². The molecule has 0 unspecified atom stereocenters. The Hall–Kier alpha value is -3.33. The molecular weight excluding hydrogens is 413 g/mol. The summed E-state index contributed by atoms with van der Waals surface area (Å²) in [6.07, 6.45) is 4.13. The Morgan fingerprint density at radius 2 is 1.80 bits per heavy atom. The van der Waals surface area contributed by atoms with Gasteiger partial charge in [0.15, 0.2) is 5.17 Å². The number of thioether (sulfide) groups is 1. The van der Waals surface area contributed by atoms with Crippen LogP contribution in [0.3, 0.4) is 0 Å². The Morgan fingerprint density at radius 1 is 1.07 bits per heavy atom. The van der Waals surface area contributed by atoms with Crippen molar-refractivity contribution in [1.29, 1.82) is 0 Å². The Balaban J connectivity index is 1.66. The highest BCUT2D eigenvalue weighted by atomic mass is 32.2. The van der Waals surface area contributed by atoms with Crippen molar-refractivity contribution in [3.05, 3.63) is 89.9 Å². The van der Waals surface area contributed by atoms with Crippen molar-refractivity contribution in [3.63, 3.8) is 0 Å². The van der Waals surface area contributed by atoms with Crippen molar-refractivity contribution in [1.82, 2.24) is 9.55 Å². The van der Waals surface area contributed by atoms with E-state index in [0.29, 0.717) is 10.9 Å². The average molecular weight is 428 g/mol. The van der Waals surface area contributed by atoms with Crippen LogP contribution in [0.5, 0.6) is 0 Å². The van der Waals surface area contributed by atoms with Gasteiger partial charge < -0.3 is 0 Å². The van der Waals surface area contributed by atoms with Crippen LogP contribution in [-0.2, 0) is 10.5 Å². The zero-order valence-corrected chi connectivity index (χ0v) is 16.3. The first-order valence-electron chi connectivity index (χ1n) is 8.91. The molecule has 1 aliphatic heterocycles. The van der Waals surface area contributed by atoms with E-state index in [1.165, 1.54) is 41.6 Å². The second-order valence-electron chi connectivity index (χ2n) is 6.27. The number of halogens is 3. The SMILES string of the molecule is O=C1/C(=C/c2ccccc2)N=C(SCc2nccn2C(F)F)N1c1ccc(F)cc1. The molecule has 1 aromatic heterocycles. The van der Waals surface area contributed by atoms with Gasteiger partial charge in [0.05, 0.1) is 11.4 Å². The number of imidazole rings is 1. The van der Waals surface area contributed by atoms with Crippen molar-refractivity contribution in [2.75, 3.05) is 4.90 Å². The average Bonchev–Trinajstić information content (AvgIpc) is 3.33. The molecule has 0 saturated carbocycles. The van der Waals surface area contributed by atoms with Crippen LogP contribution in [0.4, 0.5) is 18.9 Å². The molecule has 0 spiro atoms. The fourth-order valence-corrected chi connectivity index (χ4v) is 3.84. The molecule has 5 nitrogen and oxygen atoms in total. The standard InChI is InChI=1S/C21H15F3N4OS/c22-15-6-8-16(9-7-15)28-19(29)17(12-14-4-2-1-3-5-14)26-21(28)30-13-18-25-10-11-27(18)20(23)24/h1-12,20H,13H2/b17-12-. The lowest BCUT2D eigenvalue weighted by Crippen LogP contribution is -2.30. The molecular formula is C21H15F3N4OS. The summed E-state index contributed by atoms with van der Waals surface area (Å²) in [6.45, 7) is -2.71. The third-order valence-corrected chi connectivity index (χ3v) is 5.24. The first kappa shape index (κ1) is 20.0. The summed E-state index contributed by atoms with van der Waals surface area (Å²) in [7, 11) is 0. The molecule has 0 bridgehead atoms. The highest BCUT2D eigenvalue weighted by molar-refractivity contribution is 8.13. The van der Waals surface area contributed by atoms with E-state index in [0.717, 1.165) is 21.9 Å². The van der Waals surface area contributed by atoms with Gasteiger partial charge in [-0.3, -0.25) is 14.3 Å². The molecule has 0 fully saturated rings. The molecule has 0 radical (unpaired) electrons. The first-order valence-corrected chi connectivity index (χ1v) is 9.89. The first-order chi connectivity index (χ1) is 14.5. The third-order valence-electron chi connectivity index (χ3n) is 4.31. The van der Waals surface area contributed by atoms with Crippen LogP contribution < -0.4 is 4.90 Å². The van der Waals surface area contributed by atoms with Crippen LogP contribution in [-0.4, -0.2) is 20.6 Å². The summed E-state index contributed by atoms with van der Waals surface area (Å²) < 4.78 is 40.3. The summed E-state index contributed by atoms with van der Waals surface area (Å²) in [6, 6.07) is 14.6. The third kappa shape index (κ3) is 4.16. The number of anilines is 1. The van der Waals surface area contributed by atoms with Crippen LogP contribution in [0, 0.1) is 5.82 Å². The maximum Gasteiger partial charge on any atom is 0.319 e. The monoisotopic (exact) mass is 428 g/mol. The minimum atomic E-state index is -2.71. The molecule has 0 N–H and O–H groups in total. The number of aromatic nitrogens is 2. The van der Waals surface area contributed by atoms with E-state index >= 15 is 0 Å². The van der Waals surface area contributed by atoms with Gasteiger partial charge >= 0.3 is 6.55 Å². The van der Waals surface area contributed by atoms with E-state index in [1.54, 1.807) is 6.08 Å². The maximum atomic E-state index is 13.4. The number of carbonyl (C=O) groups excluding carboxylic acids is 1. The lowest BCUT2D eigenvalue weighted by Gasteiger charge is -2.17. The van der Waals surface area contributed by atoms with Gasteiger partial charge in [-0.25, -0.2) is 14.4 Å². The number of hydrogen-bond acceptors (Lipinski definition) is 4. The van der Waals surface area contributed by atoms with Gasteiger partial charge in [0, 0.05) is 12.4 Å². The number of nitrogens with zero attached hydrogens (tertiary/aromatic N) is 4. The van der Waals surface area contributed by atoms with Crippen LogP contribution in [0.25, 0.3) is 6.08 Å². The van der Waals surface area contributed by atoms with Crippen molar-refractivity contribution in [2.24, 2.45) is 4.99 Å². The van der Waals surface area contributed by atoms with Gasteiger partial charge in [0.25, 0.3) is 5.91 Å². The highest BCUT2D eigenvalue weighted by Gasteiger charge is 2.32. The summed E-state index contributed by atoms with van der Waals surface area (Å²) >= 11 is 1.10. The largest absolute Gasteiger partial charge is 0.319 e. The van der Waals surface area contributed by atoms with Crippen molar-refractivity contribution < 1.29 is 18.0 Å². The zero-order valence-electron chi connectivity index (χ0n) is 15.5. The zero-order chi connectivity index (χ0) is 21.1. The molecule has 0 saturated heterocycles. The van der Waals surface area contributed by atoms with E-state index < -0.39 is 12.4 Å². The minimum absolute atomic E-state index is 0.0831. The number of benzene rings is 2. The van der Waals surface area contributed by atoms with Gasteiger partial charge in [0.1, 0.15) is 17.3 Å². The van der Waals surface area contributed by atoms with E-state index in [1.807, 2.05) is 30.3 Å². The van der Waals surface area contributed by atoms with Crippen molar-refractivity contribution in [2.45, 2.75) is 12.3 Å². The second kappa shape index (κ2) is 8.58. The Bertz CT molecular complexity index is 1110. The molecule has 0 aliphatic carbocycles. The fourth-order valence-electron chi connectivity index (χ4n) is 2.88. The van der Waals surface area contributed by atoms with Gasteiger partial charge in [-0.15, -0.1) is 0 Å². The second-order valence-corrected chi connectivity index (χ2v) is 7.21. The topological polar surface area (TPSA) is 50.5 Å². The van der Waals surface area contributed by atoms with Crippen LogP contribution in [0.1, 0.15) is 17.9 Å². The van der Waals surface area contributed by atoms with Crippen LogP contribution >= 0.6 is 11.8 Å². The smallest absolute Gasteiger partial charge is 0.277 e. The quantitative estimate of drug-likeness (QED) is 0.532. The maximum absolute atomic E-state index is 13.4. The number of alkyl halides is 2. The lowest BCUT2D eigenvalue weighted by molar-refractivity contribution is -0.113. The highest BCUT2D eigenvalue weighted by Crippen LogP contribution is 2.31. The number of hydrogen-bond donors (Lipinski definition) is 0. The summed E-state index contributed by atoms with van der Waals surface area (Å²) in [5.41, 5.74) is 1.43. The van der Waals surface area contributed by atoms with Gasteiger partial charge in [-0.05, 0) is 35.9 Å². The molecule has 152 valence electrons. The number of amidine groups is 1. The van der Waals surface area contributed by atoms with E-state index in [2.05, 4.69) is 9.98 Å². The molecule has 2 heterocycles. The number of rotatable bonds is 5. The Kier molecular flexibility index (Phi) is 5.71. The molecule has 1 amide bonds. The van der Waals surface area contributed by atoms with Crippen molar-refractivity contribution >= 4 is 34.6 Å². The van der Waals surface area contributed by atoms with Gasteiger partial charge in [0.2, 0.25) is 0 Å². The minimum Gasteiger partial charge on any atom is -0.277 e. The van der Waals surface area contributed by atoms with Crippen molar-refractivity contribution in [3.8, 4) is 0 Å². The lowest BCUT2D eigenvalue weighted by atomic mass is 10.2. The normalized spacial score (nSPS) is 15.3. The summed E-state index contributed by atoms with van der Waals surface area (Å²) in [5, 5.41) is 0.303.